The first-order chi connectivity index (χ1) is 11.2. The molecular formula is C15H11F3N4O2. The van der Waals surface area contributed by atoms with Gasteiger partial charge in [0.2, 0.25) is 0 Å². The maximum absolute atomic E-state index is 12.6. The van der Waals surface area contributed by atoms with E-state index in [0.717, 1.165) is 12.1 Å². The SMILES string of the molecule is Cc1nc(C(F)(F)F)ccc1C(=O)Nc1ccc2[nH]c(=O)[nH]c2c1. The van der Waals surface area contributed by atoms with E-state index in [1.807, 2.05) is 0 Å². The fraction of sp³-hybridized carbons (Fsp3) is 0.133. The number of aromatic nitrogens is 3. The number of nitrogens with zero attached hydrogens (tertiary/aromatic N) is 1. The number of hydrogen-bond acceptors (Lipinski definition) is 3. The van der Waals surface area contributed by atoms with Crippen molar-refractivity contribution in [3.63, 3.8) is 0 Å². The first-order valence-electron chi connectivity index (χ1n) is 6.82. The minimum Gasteiger partial charge on any atom is -0.322 e. The number of rotatable bonds is 2. The van der Waals surface area contributed by atoms with Gasteiger partial charge in [0, 0.05) is 5.69 Å². The van der Waals surface area contributed by atoms with E-state index in [1.165, 1.54) is 13.0 Å². The summed E-state index contributed by atoms with van der Waals surface area (Å²) in [5.74, 6) is -0.592. The van der Waals surface area contributed by atoms with Crippen LogP contribution in [0.25, 0.3) is 11.0 Å². The number of anilines is 1. The summed E-state index contributed by atoms with van der Waals surface area (Å²) in [5, 5.41) is 2.56. The molecule has 9 heteroatoms. The van der Waals surface area contributed by atoms with Crippen molar-refractivity contribution < 1.29 is 18.0 Å². The van der Waals surface area contributed by atoms with Gasteiger partial charge < -0.3 is 15.3 Å². The number of alkyl halides is 3. The van der Waals surface area contributed by atoms with Gasteiger partial charge in [-0.1, -0.05) is 0 Å². The highest BCUT2D eigenvalue weighted by atomic mass is 19.4. The average molecular weight is 336 g/mol. The van der Waals surface area contributed by atoms with Gasteiger partial charge in [-0.05, 0) is 37.3 Å². The van der Waals surface area contributed by atoms with Gasteiger partial charge in [0.25, 0.3) is 5.91 Å². The van der Waals surface area contributed by atoms with Crippen LogP contribution in [0.1, 0.15) is 21.7 Å². The Balaban J connectivity index is 1.87. The predicted octanol–water partition coefficient (Wildman–Crippen LogP) is 2.83. The highest BCUT2D eigenvalue weighted by Gasteiger charge is 2.33. The number of fused-ring (bicyclic) bond motifs is 1. The van der Waals surface area contributed by atoms with Gasteiger partial charge in [0.15, 0.2) is 0 Å². The summed E-state index contributed by atoms with van der Waals surface area (Å²) in [7, 11) is 0. The largest absolute Gasteiger partial charge is 0.433 e. The molecule has 2 heterocycles. The van der Waals surface area contributed by atoms with E-state index in [0.29, 0.717) is 16.7 Å². The Hall–Kier alpha value is -3.10. The van der Waals surface area contributed by atoms with Crippen molar-refractivity contribution in [2.45, 2.75) is 13.1 Å². The third-order valence-corrected chi connectivity index (χ3v) is 3.39. The lowest BCUT2D eigenvalue weighted by Crippen LogP contribution is -2.16. The molecule has 0 spiro atoms. The van der Waals surface area contributed by atoms with Crippen molar-refractivity contribution in [1.29, 1.82) is 0 Å². The molecule has 1 aromatic carbocycles. The van der Waals surface area contributed by atoms with Crippen molar-refractivity contribution in [2.75, 3.05) is 5.32 Å². The van der Waals surface area contributed by atoms with Crippen LogP contribution in [0.5, 0.6) is 0 Å². The average Bonchev–Trinajstić information content (AvgIpc) is 2.85. The van der Waals surface area contributed by atoms with Gasteiger partial charge in [-0.2, -0.15) is 13.2 Å². The van der Waals surface area contributed by atoms with Crippen LogP contribution >= 0.6 is 0 Å². The first kappa shape index (κ1) is 15.8. The Morgan fingerprint density at radius 1 is 1.12 bits per heavy atom. The molecule has 24 heavy (non-hydrogen) atoms. The van der Waals surface area contributed by atoms with Gasteiger partial charge in [0.1, 0.15) is 5.69 Å². The van der Waals surface area contributed by atoms with Crippen molar-refractivity contribution in [2.24, 2.45) is 0 Å². The number of hydrogen-bond donors (Lipinski definition) is 3. The molecule has 0 unspecified atom stereocenters. The normalized spacial score (nSPS) is 11.7. The molecule has 0 saturated carbocycles. The van der Waals surface area contributed by atoms with Gasteiger partial charge in [-0.3, -0.25) is 4.79 Å². The van der Waals surface area contributed by atoms with Crippen LogP contribution in [-0.4, -0.2) is 20.9 Å². The lowest BCUT2D eigenvalue weighted by atomic mass is 10.1. The molecule has 0 bridgehead atoms. The summed E-state index contributed by atoms with van der Waals surface area (Å²) in [4.78, 5) is 32.0. The lowest BCUT2D eigenvalue weighted by molar-refractivity contribution is -0.141. The number of aromatic amines is 2. The zero-order chi connectivity index (χ0) is 17.5. The summed E-state index contributed by atoms with van der Waals surface area (Å²) in [6.45, 7) is 1.33. The van der Waals surface area contributed by atoms with E-state index < -0.39 is 17.8 Å². The van der Waals surface area contributed by atoms with Gasteiger partial charge >= 0.3 is 11.9 Å². The Bertz CT molecular complexity index is 988. The molecule has 0 radical (unpaired) electrons. The lowest BCUT2D eigenvalue weighted by Gasteiger charge is -2.10. The maximum atomic E-state index is 12.6. The van der Waals surface area contributed by atoms with Crippen molar-refractivity contribution in [3.05, 3.63) is 57.8 Å². The third-order valence-electron chi connectivity index (χ3n) is 3.39. The standard InChI is InChI=1S/C15H11F3N4O2/c1-7-9(3-5-12(19-7)15(16,17)18)13(23)20-8-2-4-10-11(6-8)22-14(24)21-10/h2-6H,1H3,(H,20,23)(H2,21,22,24). The number of imidazole rings is 1. The zero-order valence-corrected chi connectivity index (χ0v) is 12.3. The Labute approximate surface area is 132 Å². The van der Waals surface area contributed by atoms with E-state index in [-0.39, 0.29) is 16.9 Å². The molecule has 1 amide bonds. The predicted molar refractivity (Wildman–Crippen MR) is 80.8 cm³/mol. The Morgan fingerprint density at radius 2 is 1.83 bits per heavy atom. The molecule has 2 aromatic heterocycles. The molecule has 0 aliphatic rings. The van der Waals surface area contributed by atoms with Crippen molar-refractivity contribution in [3.8, 4) is 0 Å². The zero-order valence-electron chi connectivity index (χ0n) is 12.3. The van der Waals surface area contributed by atoms with E-state index in [4.69, 9.17) is 0 Å². The quantitative estimate of drug-likeness (QED) is 0.672. The molecule has 0 aliphatic carbocycles. The second-order valence-electron chi connectivity index (χ2n) is 5.12. The summed E-state index contributed by atoms with van der Waals surface area (Å²) in [6, 6.07) is 6.54. The Morgan fingerprint density at radius 3 is 2.50 bits per heavy atom. The molecule has 3 aromatic rings. The monoisotopic (exact) mass is 336 g/mol. The number of carbonyl (C=O) groups excluding carboxylic acids is 1. The second-order valence-corrected chi connectivity index (χ2v) is 5.12. The molecule has 6 nitrogen and oxygen atoms in total. The number of aryl methyl sites for hydroxylation is 1. The van der Waals surface area contributed by atoms with Crippen LogP contribution in [0.3, 0.4) is 0 Å². The summed E-state index contributed by atoms with van der Waals surface area (Å²) >= 11 is 0. The van der Waals surface area contributed by atoms with Gasteiger partial charge in [0.05, 0.1) is 22.3 Å². The van der Waals surface area contributed by atoms with E-state index in [1.54, 1.807) is 12.1 Å². The van der Waals surface area contributed by atoms with Gasteiger partial charge in [-0.15, -0.1) is 0 Å². The van der Waals surface area contributed by atoms with E-state index in [9.17, 15) is 22.8 Å². The highest BCUT2D eigenvalue weighted by molar-refractivity contribution is 6.05. The van der Waals surface area contributed by atoms with Crippen LogP contribution in [0.2, 0.25) is 0 Å². The van der Waals surface area contributed by atoms with E-state index >= 15 is 0 Å². The van der Waals surface area contributed by atoms with Crippen molar-refractivity contribution >= 4 is 22.6 Å². The number of nitrogens with one attached hydrogen (secondary N) is 3. The molecular weight excluding hydrogens is 325 g/mol. The second kappa shape index (κ2) is 5.52. The number of benzene rings is 1. The molecule has 0 fully saturated rings. The summed E-state index contributed by atoms with van der Waals surface area (Å²) in [6.07, 6.45) is -4.56. The number of amides is 1. The van der Waals surface area contributed by atoms with Crippen LogP contribution in [-0.2, 0) is 6.18 Å². The smallest absolute Gasteiger partial charge is 0.322 e. The highest BCUT2D eigenvalue weighted by Crippen LogP contribution is 2.28. The summed E-state index contributed by atoms with van der Waals surface area (Å²) in [5.41, 5.74) is 0.0377. The fourth-order valence-electron chi connectivity index (χ4n) is 2.27. The van der Waals surface area contributed by atoms with E-state index in [2.05, 4.69) is 20.3 Å². The van der Waals surface area contributed by atoms with Crippen LogP contribution in [0, 0.1) is 6.92 Å². The molecule has 0 atom stereocenters. The third kappa shape index (κ3) is 3.00. The molecule has 3 N–H and O–H groups in total. The van der Waals surface area contributed by atoms with Crippen LogP contribution in [0.4, 0.5) is 18.9 Å². The summed E-state index contributed by atoms with van der Waals surface area (Å²) < 4.78 is 37.8. The van der Waals surface area contributed by atoms with Crippen molar-refractivity contribution in [1.82, 2.24) is 15.0 Å². The number of carbonyl (C=O) groups is 1. The number of pyridine rings is 1. The van der Waals surface area contributed by atoms with Crippen LogP contribution < -0.4 is 11.0 Å². The number of H-pyrrole nitrogens is 2. The minimum absolute atomic E-state index is 0.0292. The maximum Gasteiger partial charge on any atom is 0.433 e. The molecule has 0 aliphatic heterocycles. The minimum atomic E-state index is -4.56. The molecule has 3 rings (SSSR count). The van der Waals surface area contributed by atoms with Gasteiger partial charge in [-0.25, -0.2) is 9.78 Å². The van der Waals surface area contributed by atoms with Crippen LogP contribution in [0.15, 0.2) is 35.1 Å². The Kier molecular flexibility index (Phi) is 3.63. The number of halogens is 3. The fourth-order valence-corrected chi connectivity index (χ4v) is 2.27. The molecule has 0 saturated heterocycles. The molecule has 124 valence electrons. The topological polar surface area (TPSA) is 90.6 Å². The first-order valence-corrected chi connectivity index (χ1v) is 6.82.